The first kappa shape index (κ1) is 16.6. The quantitative estimate of drug-likeness (QED) is 0.653. The zero-order valence-corrected chi connectivity index (χ0v) is 13.9. The van der Waals surface area contributed by atoms with Crippen LogP contribution in [0.15, 0.2) is 71.3 Å². The normalized spacial score (nSPS) is 10.3. The van der Waals surface area contributed by atoms with Crippen LogP contribution in [0.5, 0.6) is 11.5 Å². The Morgan fingerprint density at radius 2 is 1.52 bits per heavy atom. The molecule has 0 atom stereocenters. The maximum atomic E-state index is 11.9. The molecule has 3 rings (SSSR count). The van der Waals surface area contributed by atoms with E-state index in [0.717, 1.165) is 5.75 Å². The van der Waals surface area contributed by atoms with Crippen molar-refractivity contribution in [1.82, 2.24) is 0 Å². The van der Waals surface area contributed by atoms with Gasteiger partial charge in [-0.2, -0.15) is 0 Å². The zero-order valence-electron chi connectivity index (χ0n) is 13.9. The van der Waals surface area contributed by atoms with E-state index in [-0.39, 0.29) is 11.7 Å². The second kappa shape index (κ2) is 8.06. The largest absolute Gasteiger partial charge is 0.490 e. The molecule has 0 saturated heterocycles. The van der Waals surface area contributed by atoms with Gasteiger partial charge in [-0.05, 0) is 55.5 Å². The summed E-state index contributed by atoms with van der Waals surface area (Å²) in [5.74, 6) is 1.52. The Morgan fingerprint density at radius 3 is 2.08 bits per heavy atom. The van der Waals surface area contributed by atoms with Crippen LogP contribution in [0.2, 0.25) is 0 Å². The number of amides is 1. The molecule has 0 aliphatic heterocycles. The number of carbonyl (C=O) groups is 1. The minimum Gasteiger partial charge on any atom is -0.490 e. The fraction of sp³-hybridized carbons (Fsp3) is 0.150. The summed E-state index contributed by atoms with van der Waals surface area (Å²) in [4.78, 5) is 11.9. The van der Waals surface area contributed by atoms with E-state index in [2.05, 4.69) is 5.32 Å². The van der Waals surface area contributed by atoms with Gasteiger partial charge >= 0.3 is 0 Å². The molecule has 25 heavy (non-hydrogen) atoms. The molecule has 0 aliphatic carbocycles. The summed E-state index contributed by atoms with van der Waals surface area (Å²) in [5, 5.41) is 2.75. The summed E-state index contributed by atoms with van der Waals surface area (Å²) in [7, 11) is 0. The molecule has 3 aromatic rings. The van der Waals surface area contributed by atoms with E-state index in [4.69, 9.17) is 13.9 Å². The number of carbonyl (C=O) groups excluding carboxylic acids is 1. The second-order valence-corrected chi connectivity index (χ2v) is 5.47. The molecule has 0 aliphatic rings. The minimum absolute atomic E-state index is 0.272. The number of rotatable bonds is 7. The maximum absolute atomic E-state index is 11.9. The molecule has 5 nitrogen and oxygen atoms in total. The standard InChI is InChI=1S/C20H19NO4/c1-15-4-8-17(9-5-15)23-13-14-24-18-10-6-16(7-11-18)21-20(22)19-3-2-12-25-19/h2-12H,13-14H2,1H3,(H,21,22). The smallest absolute Gasteiger partial charge is 0.291 e. The van der Waals surface area contributed by atoms with Crippen LogP contribution >= 0.6 is 0 Å². The summed E-state index contributed by atoms with van der Waals surface area (Å²) < 4.78 is 16.3. The first-order valence-electron chi connectivity index (χ1n) is 7.98. The lowest BCUT2D eigenvalue weighted by molar-refractivity contribution is 0.0996. The molecule has 0 radical (unpaired) electrons. The number of hydrogen-bond acceptors (Lipinski definition) is 4. The Kier molecular flexibility index (Phi) is 5.36. The fourth-order valence-corrected chi connectivity index (χ4v) is 2.19. The number of benzene rings is 2. The molecule has 1 amide bonds. The van der Waals surface area contributed by atoms with Gasteiger partial charge in [-0.15, -0.1) is 0 Å². The average Bonchev–Trinajstić information content (AvgIpc) is 3.16. The molecule has 0 bridgehead atoms. The van der Waals surface area contributed by atoms with Gasteiger partial charge in [0.15, 0.2) is 5.76 Å². The number of aryl methyl sites for hydroxylation is 1. The lowest BCUT2D eigenvalue weighted by Gasteiger charge is -2.09. The molecule has 5 heteroatoms. The molecule has 0 saturated carbocycles. The first-order chi connectivity index (χ1) is 12.2. The number of furan rings is 1. The third-order valence-corrected chi connectivity index (χ3v) is 3.50. The van der Waals surface area contributed by atoms with Crippen molar-refractivity contribution in [2.75, 3.05) is 18.5 Å². The highest BCUT2D eigenvalue weighted by Gasteiger charge is 2.08. The third-order valence-electron chi connectivity index (χ3n) is 3.50. The van der Waals surface area contributed by atoms with Crippen LogP contribution in [0.4, 0.5) is 5.69 Å². The Labute approximate surface area is 146 Å². The van der Waals surface area contributed by atoms with E-state index in [9.17, 15) is 4.79 Å². The summed E-state index contributed by atoms with van der Waals surface area (Å²) >= 11 is 0. The van der Waals surface area contributed by atoms with Crippen LogP contribution < -0.4 is 14.8 Å². The van der Waals surface area contributed by atoms with E-state index in [0.29, 0.717) is 24.7 Å². The maximum Gasteiger partial charge on any atom is 0.291 e. The molecular weight excluding hydrogens is 318 g/mol. The summed E-state index contributed by atoms with van der Waals surface area (Å²) in [6.07, 6.45) is 1.46. The van der Waals surface area contributed by atoms with Crippen molar-refractivity contribution >= 4 is 11.6 Å². The van der Waals surface area contributed by atoms with Crippen LogP contribution in [0, 0.1) is 6.92 Å². The van der Waals surface area contributed by atoms with Crippen molar-refractivity contribution in [3.05, 3.63) is 78.3 Å². The summed E-state index contributed by atoms with van der Waals surface area (Å²) in [5.41, 5.74) is 1.87. The summed E-state index contributed by atoms with van der Waals surface area (Å²) in [6, 6.07) is 18.3. The van der Waals surface area contributed by atoms with Crippen molar-refractivity contribution in [3.63, 3.8) is 0 Å². The van der Waals surface area contributed by atoms with Gasteiger partial charge in [0.05, 0.1) is 6.26 Å². The molecule has 128 valence electrons. The van der Waals surface area contributed by atoms with Crippen LogP contribution in [0.25, 0.3) is 0 Å². The second-order valence-electron chi connectivity index (χ2n) is 5.47. The van der Waals surface area contributed by atoms with Crippen LogP contribution in [-0.4, -0.2) is 19.1 Å². The molecule has 1 N–H and O–H groups in total. The monoisotopic (exact) mass is 337 g/mol. The molecule has 2 aromatic carbocycles. The molecule has 0 unspecified atom stereocenters. The van der Waals surface area contributed by atoms with Crippen molar-refractivity contribution in [1.29, 1.82) is 0 Å². The van der Waals surface area contributed by atoms with Crippen molar-refractivity contribution in [2.45, 2.75) is 6.92 Å². The molecule has 0 spiro atoms. The van der Waals surface area contributed by atoms with Crippen LogP contribution in [0.1, 0.15) is 16.1 Å². The van der Waals surface area contributed by atoms with Gasteiger partial charge < -0.3 is 19.2 Å². The molecule has 1 heterocycles. The predicted molar refractivity (Wildman–Crippen MR) is 95.3 cm³/mol. The third kappa shape index (κ3) is 4.88. The fourth-order valence-electron chi connectivity index (χ4n) is 2.19. The number of hydrogen-bond donors (Lipinski definition) is 1. The Morgan fingerprint density at radius 1 is 0.920 bits per heavy atom. The lowest BCUT2D eigenvalue weighted by Crippen LogP contribution is -2.11. The van der Waals surface area contributed by atoms with Gasteiger partial charge in [0.25, 0.3) is 5.91 Å². The number of anilines is 1. The van der Waals surface area contributed by atoms with E-state index in [1.54, 1.807) is 36.4 Å². The van der Waals surface area contributed by atoms with E-state index in [1.165, 1.54) is 11.8 Å². The van der Waals surface area contributed by atoms with Gasteiger partial charge in [0.2, 0.25) is 0 Å². The van der Waals surface area contributed by atoms with Gasteiger partial charge in [0, 0.05) is 5.69 Å². The van der Waals surface area contributed by atoms with Gasteiger partial charge in [-0.1, -0.05) is 17.7 Å². The van der Waals surface area contributed by atoms with Crippen molar-refractivity contribution < 1.29 is 18.7 Å². The molecule has 0 fully saturated rings. The van der Waals surface area contributed by atoms with Crippen LogP contribution in [-0.2, 0) is 0 Å². The predicted octanol–water partition coefficient (Wildman–Crippen LogP) is 4.30. The zero-order chi connectivity index (χ0) is 17.5. The lowest BCUT2D eigenvalue weighted by atomic mass is 10.2. The summed E-state index contributed by atoms with van der Waals surface area (Å²) in [6.45, 7) is 2.93. The first-order valence-corrected chi connectivity index (χ1v) is 7.98. The van der Waals surface area contributed by atoms with E-state index in [1.807, 2.05) is 31.2 Å². The van der Waals surface area contributed by atoms with Gasteiger partial charge in [0.1, 0.15) is 24.7 Å². The van der Waals surface area contributed by atoms with E-state index < -0.39 is 0 Å². The number of ether oxygens (including phenoxy) is 2. The topological polar surface area (TPSA) is 60.7 Å². The number of nitrogens with one attached hydrogen (secondary N) is 1. The van der Waals surface area contributed by atoms with Crippen LogP contribution in [0.3, 0.4) is 0 Å². The van der Waals surface area contributed by atoms with Crippen molar-refractivity contribution in [3.8, 4) is 11.5 Å². The highest BCUT2D eigenvalue weighted by atomic mass is 16.5. The minimum atomic E-state index is -0.287. The molecule has 1 aromatic heterocycles. The molecular formula is C20H19NO4. The van der Waals surface area contributed by atoms with E-state index >= 15 is 0 Å². The Hall–Kier alpha value is -3.21. The van der Waals surface area contributed by atoms with Gasteiger partial charge in [-0.3, -0.25) is 4.79 Å². The van der Waals surface area contributed by atoms with Gasteiger partial charge in [-0.25, -0.2) is 0 Å². The van der Waals surface area contributed by atoms with Crippen molar-refractivity contribution in [2.24, 2.45) is 0 Å². The highest BCUT2D eigenvalue weighted by molar-refractivity contribution is 6.02. The Balaban J connectivity index is 1.43. The highest BCUT2D eigenvalue weighted by Crippen LogP contribution is 2.17. The SMILES string of the molecule is Cc1ccc(OCCOc2ccc(NC(=O)c3ccco3)cc2)cc1. The Bertz CT molecular complexity index is 793. The average molecular weight is 337 g/mol.